The average Bonchev–Trinajstić information content (AvgIpc) is 2.54. The molecule has 8 heteroatoms. The Balaban J connectivity index is 2.41. The lowest BCUT2D eigenvalue weighted by molar-refractivity contribution is 0.413. The molecule has 0 amide bonds. The van der Waals surface area contributed by atoms with Gasteiger partial charge in [-0.05, 0) is 12.1 Å². The van der Waals surface area contributed by atoms with Crippen LogP contribution in [-0.2, 0) is 0 Å². The summed E-state index contributed by atoms with van der Waals surface area (Å²) in [6, 6.07) is 7.06. The number of nitrogens with one attached hydrogen (secondary N) is 2. The minimum absolute atomic E-state index is 0.350. The molecule has 1 aromatic carbocycles. The van der Waals surface area contributed by atoms with E-state index in [2.05, 4.69) is 20.7 Å². The fourth-order valence-electron chi connectivity index (χ4n) is 1.75. The van der Waals surface area contributed by atoms with Gasteiger partial charge in [0, 0.05) is 6.07 Å². The van der Waals surface area contributed by atoms with Gasteiger partial charge in [-0.1, -0.05) is 0 Å². The van der Waals surface area contributed by atoms with E-state index in [1.165, 1.54) is 20.5 Å². The highest BCUT2D eigenvalue weighted by Crippen LogP contribution is 2.34. The number of aromatic nitrogens is 2. The van der Waals surface area contributed by atoms with E-state index in [4.69, 9.17) is 20.6 Å². The summed E-state index contributed by atoms with van der Waals surface area (Å²) >= 11 is 0. The Morgan fingerprint density at radius 1 is 1.19 bits per heavy atom. The third-order valence-electron chi connectivity index (χ3n) is 2.73. The van der Waals surface area contributed by atoms with Crippen LogP contribution in [0, 0.1) is 11.3 Å². The molecule has 2 rings (SSSR count). The second-order valence-corrected chi connectivity index (χ2v) is 3.90. The zero-order valence-corrected chi connectivity index (χ0v) is 11.5. The molecule has 8 nitrogen and oxygen atoms in total. The van der Waals surface area contributed by atoms with Crippen LogP contribution in [0.3, 0.4) is 0 Å². The van der Waals surface area contributed by atoms with Crippen LogP contribution in [0.25, 0.3) is 0 Å². The van der Waals surface area contributed by atoms with Crippen LogP contribution in [-0.4, -0.2) is 24.2 Å². The molecule has 0 saturated heterocycles. The highest BCUT2D eigenvalue weighted by Gasteiger charge is 2.13. The molecule has 1 heterocycles. The number of nitrogens with two attached hydrogens (primary N) is 1. The number of ether oxygens (including phenoxy) is 2. The minimum Gasteiger partial charge on any atom is -0.495 e. The second kappa shape index (κ2) is 6.40. The number of anilines is 3. The first-order valence-corrected chi connectivity index (χ1v) is 5.94. The third-order valence-corrected chi connectivity index (χ3v) is 2.73. The Labute approximate surface area is 121 Å². The SMILES string of the molecule is COc1cc(C#N)ccc1Nc1ncnc(NN)c1OC. The summed E-state index contributed by atoms with van der Waals surface area (Å²) in [5, 5.41) is 12.0. The number of nitriles is 1. The Bertz CT molecular complexity index is 683. The van der Waals surface area contributed by atoms with Gasteiger partial charge >= 0.3 is 0 Å². The third kappa shape index (κ3) is 2.93. The fourth-order valence-corrected chi connectivity index (χ4v) is 1.75. The van der Waals surface area contributed by atoms with Crippen molar-refractivity contribution in [2.24, 2.45) is 5.84 Å². The molecule has 0 radical (unpaired) electrons. The van der Waals surface area contributed by atoms with E-state index >= 15 is 0 Å². The molecule has 108 valence electrons. The Kier molecular flexibility index (Phi) is 4.38. The van der Waals surface area contributed by atoms with E-state index in [-0.39, 0.29) is 0 Å². The van der Waals surface area contributed by atoms with Gasteiger partial charge in [0.15, 0.2) is 11.6 Å². The summed E-state index contributed by atoms with van der Waals surface area (Å²) in [6.07, 6.45) is 1.34. The molecule has 0 spiro atoms. The van der Waals surface area contributed by atoms with Gasteiger partial charge in [0.1, 0.15) is 12.1 Å². The molecular formula is C13H14N6O2. The first kappa shape index (κ1) is 14.4. The zero-order chi connectivity index (χ0) is 15.2. The molecule has 0 bridgehead atoms. The molecule has 0 atom stereocenters. The lowest BCUT2D eigenvalue weighted by atomic mass is 10.2. The predicted octanol–water partition coefficient (Wildman–Crippen LogP) is 1.39. The van der Waals surface area contributed by atoms with Crippen LogP contribution in [0.15, 0.2) is 24.5 Å². The zero-order valence-electron chi connectivity index (χ0n) is 11.5. The van der Waals surface area contributed by atoms with E-state index in [0.717, 1.165) is 0 Å². The van der Waals surface area contributed by atoms with Gasteiger partial charge < -0.3 is 20.2 Å². The summed E-state index contributed by atoms with van der Waals surface area (Å²) in [6.45, 7) is 0. The smallest absolute Gasteiger partial charge is 0.205 e. The van der Waals surface area contributed by atoms with Crippen molar-refractivity contribution in [3.63, 3.8) is 0 Å². The largest absolute Gasteiger partial charge is 0.495 e. The van der Waals surface area contributed by atoms with Gasteiger partial charge in [-0.25, -0.2) is 15.8 Å². The topological polar surface area (TPSA) is 118 Å². The molecule has 0 saturated carbocycles. The van der Waals surface area contributed by atoms with E-state index in [1.54, 1.807) is 18.2 Å². The number of benzene rings is 1. The molecule has 0 aliphatic carbocycles. The number of hydrazine groups is 1. The van der Waals surface area contributed by atoms with Crippen molar-refractivity contribution in [3.8, 4) is 17.6 Å². The number of nitrogen functional groups attached to an aromatic ring is 1. The van der Waals surface area contributed by atoms with E-state index in [1.807, 2.05) is 6.07 Å². The van der Waals surface area contributed by atoms with Gasteiger partial charge in [-0.2, -0.15) is 5.26 Å². The number of rotatable bonds is 5. The normalized spacial score (nSPS) is 9.62. The Morgan fingerprint density at radius 2 is 1.95 bits per heavy atom. The monoisotopic (exact) mass is 286 g/mol. The molecule has 21 heavy (non-hydrogen) atoms. The summed E-state index contributed by atoms with van der Waals surface area (Å²) in [7, 11) is 3.01. The molecule has 1 aromatic heterocycles. The molecule has 0 aliphatic heterocycles. The van der Waals surface area contributed by atoms with Crippen molar-refractivity contribution < 1.29 is 9.47 Å². The van der Waals surface area contributed by atoms with Crippen molar-refractivity contribution in [2.75, 3.05) is 25.0 Å². The van der Waals surface area contributed by atoms with Crippen molar-refractivity contribution in [1.29, 1.82) is 5.26 Å². The van der Waals surface area contributed by atoms with Gasteiger partial charge in [0.2, 0.25) is 5.75 Å². The van der Waals surface area contributed by atoms with Crippen molar-refractivity contribution in [1.82, 2.24) is 9.97 Å². The number of methoxy groups -OCH3 is 2. The lowest BCUT2D eigenvalue weighted by Crippen LogP contribution is -2.11. The first-order chi connectivity index (χ1) is 10.2. The average molecular weight is 286 g/mol. The van der Waals surface area contributed by atoms with Crippen LogP contribution in [0.4, 0.5) is 17.3 Å². The maximum Gasteiger partial charge on any atom is 0.205 e. The van der Waals surface area contributed by atoms with Crippen LogP contribution < -0.4 is 26.1 Å². The van der Waals surface area contributed by atoms with Crippen LogP contribution in [0.5, 0.6) is 11.5 Å². The Morgan fingerprint density at radius 3 is 2.57 bits per heavy atom. The molecular weight excluding hydrogens is 272 g/mol. The maximum atomic E-state index is 8.90. The molecule has 0 fully saturated rings. The van der Waals surface area contributed by atoms with Crippen LogP contribution in [0.1, 0.15) is 5.56 Å². The Hall–Kier alpha value is -3.05. The highest BCUT2D eigenvalue weighted by atomic mass is 16.5. The first-order valence-electron chi connectivity index (χ1n) is 5.94. The molecule has 2 aromatic rings. The predicted molar refractivity (Wildman–Crippen MR) is 77.4 cm³/mol. The van der Waals surface area contributed by atoms with Gasteiger partial charge in [-0.3, -0.25) is 0 Å². The summed E-state index contributed by atoms with van der Waals surface area (Å²) in [4.78, 5) is 8.06. The van der Waals surface area contributed by atoms with Gasteiger partial charge in [-0.15, -0.1) is 0 Å². The second-order valence-electron chi connectivity index (χ2n) is 3.90. The number of hydrogen-bond donors (Lipinski definition) is 3. The number of hydrogen-bond acceptors (Lipinski definition) is 8. The van der Waals surface area contributed by atoms with Crippen molar-refractivity contribution >= 4 is 17.3 Å². The quantitative estimate of drug-likeness (QED) is 0.557. The van der Waals surface area contributed by atoms with Crippen LogP contribution in [0.2, 0.25) is 0 Å². The van der Waals surface area contributed by atoms with Crippen molar-refractivity contribution in [2.45, 2.75) is 0 Å². The summed E-state index contributed by atoms with van der Waals surface area (Å²) < 4.78 is 10.5. The van der Waals surface area contributed by atoms with Gasteiger partial charge in [0.25, 0.3) is 0 Å². The molecule has 0 unspecified atom stereocenters. The summed E-state index contributed by atoms with van der Waals surface area (Å²) in [5.74, 6) is 7.02. The number of nitrogens with zero attached hydrogens (tertiary/aromatic N) is 3. The van der Waals surface area contributed by atoms with Gasteiger partial charge in [0.05, 0.1) is 31.5 Å². The van der Waals surface area contributed by atoms with Crippen molar-refractivity contribution in [3.05, 3.63) is 30.1 Å². The van der Waals surface area contributed by atoms with E-state index in [9.17, 15) is 0 Å². The van der Waals surface area contributed by atoms with E-state index in [0.29, 0.717) is 34.4 Å². The maximum absolute atomic E-state index is 8.90. The fraction of sp³-hybridized carbons (Fsp3) is 0.154. The standard InChI is InChI=1S/C13H14N6O2/c1-20-10-5-8(6-14)3-4-9(10)18-12-11(21-2)13(19-15)17-7-16-12/h3-5,7H,15H2,1-2H3,(H2,16,17,18,19). The van der Waals surface area contributed by atoms with Crippen LogP contribution >= 0.6 is 0 Å². The summed E-state index contributed by atoms with van der Waals surface area (Å²) in [5.41, 5.74) is 3.56. The van der Waals surface area contributed by atoms with E-state index < -0.39 is 0 Å². The molecule has 4 N–H and O–H groups in total. The minimum atomic E-state index is 0.350. The highest BCUT2D eigenvalue weighted by molar-refractivity contribution is 5.72. The lowest BCUT2D eigenvalue weighted by Gasteiger charge is -2.14. The molecule has 0 aliphatic rings.